The molecule has 1 aromatic carbocycles. The molecule has 17 heavy (non-hydrogen) atoms. The van der Waals surface area contributed by atoms with E-state index in [0.717, 1.165) is 24.2 Å². The fourth-order valence-electron chi connectivity index (χ4n) is 1.47. The molecule has 0 aliphatic heterocycles. The van der Waals surface area contributed by atoms with Crippen molar-refractivity contribution in [3.63, 3.8) is 0 Å². The second-order valence-corrected chi connectivity index (χ2v) is 3.84. The lowest BCUT2D eigenvalue weighted by molar-refractivity contribution is 0.0705. The molecule has 0 aliphatic rings. The maximum atomic E-state index is 12.8. The number of methoxy groups -OCH3 is 1. The van der Waals surface area contributed by atoms with Crippen LogP contribution in [-0.4, -0.2) is 33.5 Å². The number of aryl methyl sites for hydroxylation is 1. The van der Waals surface area contributed by atoms with Crippen LogP contribution in [0.5, 0.6) is 0 Å². The van der Waals surface area contributed by atoms with E-state index in [0.29, 0.717) is 19.8 Å². The maximum absolute atomic E-state index is 12.8. The summed E-state index contributed by atoms with van der Waals surface area (Å²) in [6.07, 6.45) is 0.917. The van der Waals surface area contributed by atoms with Crippen LogP contribution in [0.1, 0.15) is 12.0 Å². The molecule has 0 saturated heterocycles. The summed E-state index contributed by atoms with van der Waals surface area (Å²) in [6, 6.07) is 4.75. The average Bonchev–Trinajstić information content (AvgIpc) is 2.30. The fraction of sp³-hybridized carbons (Fsp3) is 0.538. The average molecular weight is 241 g/mol. The molecular weight excluding hydrogens is 221 g/mol. The van der Waals surface area contributed by atoms with E-state index in [9.17, 15) is 4.39 Å². The van der Waals surface area contributed by atoms with E-state index < -0.39 is 0 Å². The molecule has 0 aromatic heterocycles. The van der Waals surface area contributed by atoms with Crippen molar-refractivity contribution in [3.05, 3.63) is 29.6 Å². The Balaban J connectivity index is 2.14. The van der Waals surface area contributed by atoms with E-state index >= 15 is 0 Å². The molecule has 3 nitrogen and oxygen atoms in total. The third kappa shape index (κ3) is 5.65. The van der Waals surface area contributed by atoms with Crippen molar-refractivity contribution in [1.82, 2.24) is 0 Å². The molecule has 0 atom stereocenters. The van der Waals surface area contributed by atoms with Gasteiger partial charge in [0.2, 0.25) is 0 Å². The van der Waals surface area contributed by atoms with Gasteiger partial charge < -0.3 is 14.8 Å². The molecule has 0 heterocycles. The third-order valence-electron chi connectivity index (χ3n) is 2.40. The molecule has 0 amide bonds. The minimum atomic E-state index is -0.198. The Morgan fingerprint density at radius 3 is 2.76 bits per heavy atom. The van der Waals surface area contributed by atoms with E-state index in [1.165, 1.54) is 12.1 Å². The Labute approximate surface area is 102 Å². The van der Waals surface area contributed by atoms with E-state index in [1.54, 1.807) is 13.2 Å². The van der Waals surface area contributed by atoms with Gasteiger partial charge in [0.25, 0.3) is 0 Å². The van der Waals surface area contributed by atoms with Crippen LogP contribution in [0.3, 0.4) is 0 Å². The van der Waals surface area contributed by atoms with Crippen molar-refractivity contribution < 1.29 is 13.9 Å². The van der Waals surface area contributed by atoms with Gasteiger partial charge in [-0.15, -0.1) is 0 Å². The SMILES string of the molecule is COCCOCCCNc1ccc(F)cc1C. The van der Waals surface area contributed by atoms with Gasteiger partial charge in [-0.05, 0) is 37.1 Å². The van der Waals surface area contributed by atoms with Crippen molar-refractivity contribution in [3.8, 4) is 0 Å². The number of anilines is 1. The van der Waals surface area contributed by atoms with E-state index in [4.69, 9.17) is 9.47 Å². The molecule has 1 N–H and O–H groups in total. The summed E-state index contributed by atoms with van der Waals surface area (Å²) in [5.41, 5.74) is 1.90. The van der Waals surface area contributed by atoms with Crippen LogP contribution < -0.4 is 5.32 Å². The van der Waals surface area contributed by atoms with Gasteiger partial charge in [0, 0.05) is 25.9 Å². The van der Waals surface area contributed by atoms with Crippen molar-refractivity contribution in [2.45, 2.75) is 13.3 Å². The predicted octanol–water partition coefficient (Wildman–Crippen LogP) is 2.60. The van der Waals surface area contributed by atoms with Gasteiger partial charge >= 0.3 is 0 Å². The van der Waals surface area contributed by atoms with Crippen LogP contribution in [0.15, 0.2) is 18.2 Å². The summed E-state index contributed by atoms with van der Waals surface area (Å²) in [7, 11) is 1.65. The molecule has 0 aliphatic carbocycles. The van der Waals surface area contributed by atoms with Gasteiger partial charge in [0.15, 0.2) is 0 Å². The zero-order valence-electron chi connectivity index (χ0n) is 10.5. The minimum Gasteiger partial charge on any atom is -0.385 e. The molecule has 0 saturated carbocycles. The normalized spacial score (nSPS) is 10.5. The van der Waals surface area contributed by atoms with Gasteiger partial charge in [0.1, 0.15) is 5.82 Å². The van der Waals surface area contributed by atoms with Gasteiger partial charge in [0.05, 0.1) is 13.2 Å². The minimum absolute atomic E-state index is 0.198. The highest BCUT2D eigenvalue weighted by molar-refractivity contribution is 5.50. The van der Waals surface area contributed by atoms with E-state index in [-0.39, 0.29) is 5.82 Å². The molecule has 4 heteroatoms. The van der Waals surface area contributed by atoms with Gasteiger partial charge in [-0.3, -0.25) is 0 Å². The number of rotatable bonds is 8. The monoisotopic (exact) mass is 241 g/mol. The first kappa shape index (κ1) is 13.9. The zero-order chi connectivity index (χ0) is 12.5. The number of benzene rings is 1. The second-order valence-electron chi connectivity index (χ2n) is 3.84. The van der Waals surface area contributed by atoms with Crippen LogP contribution in [-0.2, 0) is 9.47 Å². The van der Waals surface area contributed by atoms with Crippen LogP contribution >= 0.6 is 0 Å². The van der Waals surface area contributed by atoms with Crippen molar-refractivity contribution in [1.29, 1.82) is 0 Å². The number of hydrogen-bond donors (Lipinski definition) is 1. The van der Waals surface area contributed by atoms with Gasteiger partial charge in [-0.25, -0.2) is 4.39 Å². The molecule has 0 bridgehead atoms. The van der Waals surface area contributed by atoms with E-state index in [1.807, 2.05) is 6.92 Å². The highest BCUT2D eigenvalue weighted by Gasteiger charge is 1.98. The van der Waals surface area contributed by atoms with Gasteiger partial charge in [-0.2, -0.15) is 0 Å². The topological polar surface area (TPSA) is 30.5 Å². The summed E-state index contributed by atoms with van der Waals surface area (Å²) in [6.45, 7) is 4.67. The highest BCUT2D eigenvalue weighted by Crippen LogP contribution is 2.15. The Kier molecular flexibility index (Phi) is 6.58. The molecule has 0 radical (unpaired) electrons. The van der Waals surface area contributed by atoms with Crippen LogP contribution in [0.25, 0.3) is 0 Å². The quantitative estimate of drug-likeness (QED) is 0.710. The second kappa shape index (κ2) is 8.03. The molecule has 1 rings (SSSR count). The Morgan fingerprint density at radius 2 is 2.06 bits per heavy atom. The Morgan fingerprint density at radius 1 is 1.24 bits per heavy atom. The summed E-state index contributed by atoms with van der Waals surface area (Å²) >= 11 is 0. The standard InChI is InChI=1S/C13H20FNO2/c1-11-10-12(14)4-5-13(11)15-6-3-7-17-9-8-16-2/h4-5,10,15H,3,6-9H2,1-2H3. The van der Waals surface area contributed by atoms with E-state index in [2.05, 4.69) is 5.32 Å². The predicted molar refractivity (Wildman–Crippen MR) is 66.9 cm³/mol. The van der Waals surface area contributed by atoms with Crippen LogP contribution in [0.4, 0.5) is 10.1 Å². The first-order valence-electron chi connectivity index (χ1n) is 5.80. The molecule has 96 valence electrons. The lowest BCUT2D eigenvalue weighted by Gasteiger charge is -2.09. The number of halogens is 1. The number of nitrogens with one attached hydrogen (secondary N) is 1. The lowest BCUT2D eigenvalue weighted by atomic mass is 10.2. The summed E-state index contributed by atoms with van der Waals surface area (Å²) < 4.78 is 23.1. The van der Waals surface area contributed by atoms with Crippen LogP contribution in [0.2, 0.25) is 0 Å². The fourth-order valence-corrected chi connectivity index (χ4v) is 1.47. The van der Waals surface area contributed by atoms with Crippen molar-refractivity contribution in [2.24, 2.45) is 0 Å². The third-order valence-corrected chi connectivity index (χ3v) is 2.40. The van der Waals surface area contributed by atoms with Crippen molar-refractivity contribution in [2.75, 3.05) is 38.8 Å². The summed E-state index contributed by atoms with van der Waals surface area (Å²) in [5, 5.41) is 3.25. The smallest absolute Gasteiger partial charge is 0.123 e. The number of ether oxygens (including phenoxy) is 2. The molecule has 0 spiro atoms. The highest BCUT2D eigenvalue weighted by atomic mass is 19.1. The van der Waals surface area contributed by atoms with Gasteiger partial charge in [-0.1, -0.05) is 0 Å². The first-order valence-corrected chi connectivity index (χ1v) is 5.80. The zero-order valence-corrected chi connectivity index (χ0v) is 10.5. The van der Waals surface area contributed by atoms with Crippen molar-refractivity contribution >= 4 is 5.69 Å². The molecule has 1 aromatic rings. The molecular formula is C13H20FNO2. The Bertz CT molecular complexity index is 331. The first-order chi connectivity index (χ1) is 8.24. The molecule has 0 unspecified atom stereocenters. The summed E-state index contributed by atoms with van der Waals surface area (Å²) in [4.78, 5) is 0. The number of hydrogen-bond acceptors (Lipinski definition) is 3. The molecule has 0 fully saturated rings. The lowest BCUT2D eigenvalue weighted by Crippen LogP contribution is -2.09. The summed E-state index contributed by atoms with van der Waals surface area (Å²) in [5.74, 6) is -0.198. The maximum Gasteiger partial charge on any atom is 0.123 e. The van der Waals surface area contributed by atoms with Crippen LogP contribution in [0, 0.1) is 12.7 Å². The largest absolute Gasteiger partial charge is 0.385 e. The Hall–Kier alpha value is -1.13.